The van der Waals surface area contributed by atoms with E-state index in [2.05, 4.69) is 11.8 Å². The average Bonchev–Trinajstić information content (AvgIpc) is 3.03. The molecule has 5 nitrogen and oxygen atoms in total. The van der Waals surface area contributed by atoms with Crippen molar-refractivity contribution in [2.45, 2.75) is 26.2 Å². The summed E-state index contributed by atoms with van der Waals surface area (Å²) in [6.45, 7) is 3.97. The molecule has 0 bridgehead atoms. The van der Waals surface area contributed by atoms with E-state index in [1.165, 1.54) is 17.0 Å². The number of methoxy groups -OCH3 is 1. The number of ether oxygens (including phenoxy) is 1. The van der Waals surface area contributed by atoms with E-state index in [0.29, 0.717) is 29.4 Å². The molecule has 1 atom stereocenters. The summed E-state index contributed by atoms with van der Waals surface area (Å²) >= 11 is 0. The fourth-order valence-corrected chi connectivity index (χ4v) is 4.36. The Morgan fingerprint density at radius 1 is 1.03 bits per heavy atom. The number of amides is 2. The highest BCUT2D eigenvalue weighted by atomic mass is 19.1. The minimum absolute atomic E-state index is 0.243. The normalized spacial score (nSPS) is 19.4. The predicted molar refractivity (Wildman–Crippen MR) is 117 cm³/mol. The molecule has 2 aromatic rings. The number of hydrogen-bond donors (Lipinski definition) is 0. The summed E-state index contributed by atoms with van der Waals surface area (Å²) in [5.74, 6) is 0.344. The fraction of sp³-hybridized carbons (Fsp3) is 0.360. The second-order valence-electron chi connectivity index (χ2n) is 8.28. The van der Waals surface area contributed by atoms with Gasteiger partial charge in [-0.05, 0) is 60.6 Å². The molecule has 4 rings (SSSR count). The fourth-order valence-electron chi connectivity index (χ4n) is 4.36. The third-order valence-corrected chi connectivity index (χ3v) is 6.03. The quantitative estimate of drug-likeness (QED) is 0.663. The first-order valence-electron chi connectivity index (χ1n) is 10.7. The summed E-state index contributed by atoms with van der Waals surface area (Å²) in [5, 5.41) is 0. The van der Waals surface area contributed by atoms with Gasteiger partial charge < -0.3 is 9.64 Å². The minimum atomic E-state index is -0.304. The molecule has 162 valence electrons. The molecule has 0 spiro atoms. The van der Waals surface area contributed by atoms with E-state index in [0.717, 1.165) is 37.1 Å². The van der Waals surface area contributed by atoms with Gasteiger partial charge >= 0.3 is 0 Å². The molecule has 1 unspecified atom stereocenters. The first-order valence-corrected chi connectivity index (χ1v) is 10.7. The number of likely N-dealkylation sites (tertiary alicyclic amines) is 1. The Morgan fingerprint density at radius 3 is 2.39 bits per heavy atom. The van der Waals surface area contributed by atoms with Gasteiger partial charge in [-0.2, -0.15) is 0 Å². The standard InChI is InChI=1S/C25H27FN2O3/c1-17-4-3-14-27(16-17)23-22(19-7-11-21(31-2)12-8-19)24(29)28(25(23)30)15-13-18-5-9-20(26)10-6-18/h5-12,17H,3-4,13-16H2,1-2H3. The molecule has 2 heterocycles. The highest BCUT2D eigenvalue weighted by Crippen LogP contribution is 2.34. The van der Waals surface area contributed by atoms with Crippen LogP contribution in [0.3, 0.4) is 0 Å². The second kappa shape index (κ2) is 8.92. The van der Waals surface area contributed by atoms with Gasteiger partial charge in [0.2, 0.25) is 0 Å². The van der Waals surface area contributed by atoms with E-state index in [1.807, 2.05) is 12.1 Å². The van der Waals surface area contributed by atoms with Crippen LogP contribution in [0.1, 0.15) is 30.9 Å². The number of benzene rings is 2. The molecule has 1 fully saturated rings. The third-order valence-electron chi connectivity index (χ3n) is 6.03. The number of rotatable bonds is 6. The molecular formula is C25H27FN2O3. The van der Waals surface area contributed by atoms with Gasteiger partial charge in [0.25, 0.3) is 11.8 Å². The Balaban J connectivity index is 1.64. The van der Waals surface area contributed by atoms with Crippen LogP contribution in [-0.4, -0.2) is 48.4 Å². The van der Waals surface area contributed by atoms with E-state index >= 15 is 0 Å². The minimum Gasteiger partial charge on any atom is -0.497 e. The second-order valence-corrected chi connectivity index (χ2v) is 8.28. The highest BCUT2D eigenvalue weighted by molar-refractivity contribution is 6.35. The number of imide groups is 1. The summed E-state index contributed by atoms with van der Waals surface area (Å²) in [6, 6.07) is 13.4. The van der Waals surface area contributed by atoms with Crippen molar-refractivity contribution >= 4 is 17.4 Å². The SMILES string of the molecule is COc1ccc(C2=C(N3CCCC(C)C3)C(=O)N(CCc3ccc(F)cc3)C2=O)cc1. The summed E-state index contributed by atoms with van der Waals surface area (Å²) in [4.78, 5) is 30.2. The highest BCUT2D eigenvalue weighted by Gasteiger charge is 2.41. The Morgan fingerprint density at radius 2 is 1.74 bits per heavy atom. The van der Waals surface area contributed by atoms with Crippen molar-refractivity contribution < 1.29 is 18.7 Å². The van der Waals surface area contributed by atoms with E-state index in [4.69, 9.17) is 4.74 Å². The summed E-state index contributed by atoms with van der Waals surface area (Å²) in [5.41, 5.74) is 2.56. The van der Waals surface area contributed by atoms with Gasteiger partial charge in [0.05, 0.1) is 12.7 Å². The maximum Gasteiger partial charge on any atom is 0.277 e. The van der Waals surface area contributed by atoms with Crippen LogP contribution in [0.15, 0.2) is 54.2 Å². The van der Waals surface area contributed by atoms with Crippen LogP contribution in [0.5, 0.6) is 5.75 Å². The maximum atomic E-state index is 13.4. The zero-order valence-electron chi connectivity index (χ0n) is 17.9. The molecule has 2 amide bonds. The number of carbonyl (C=O) groups is 2. The molecule has 0 aliphatic carbocycles. The lowest BCUT2D eigenvalue weighted by molar-refractivity contribution is -0.137. The monoisotopic (exact) mass is 422 g/mol. The van der Waals surface area contributed by atoms with Crippen molar-refractivity contribution in [2.24, 2.45) is 5.92 Å². The number of hydrogen-bond acceptors (Lipinski definition) is 4. The van der Waals surface area contributed by atoms with E-state index in [9.17, 15) is 14.0 Å². The molecule has 0 aromatic heterocycles. The van der Waals surface area contributed by atoms with Gasteiger partial charge in [0, 0.05) is 19.6 Å². The Bertz CT molecular complexity index is 998. The Kier molecular flexibility index (Phi) is 6.07. The number of nitrogens with zero attached hydrogens (tertiary/aromatic N) is 2. The van der Waals surface area contributed by atoms with Crippen LogP contribution in [0.25, 0.3) is 5.57 Å². The van der Waals surface area contributed by atoms with Crippen molar-refractivity contribution in [1.82, 2.24) is 9.80 Å². The predicted octanol–water partition coefficient (Wildman–Crippen LogP) is 3.89. The lowest BCUT2D eigenvalue weighted by Crippen LogP contribution is -2.39. The van der Waals surface area contributed by atoms with Gasteiger partial charge in [0.1, 0.15) is 17.3 Å². The van der Waals surface area contributed by atoms with Crippen LogP contribution in [0, 0.1) is 11.7 Å². The molecule has 31 heavy (non-hydrogen) atoms. The summed E-state index contributed by atoms with van der Waals surface area (Å²) in [6.07, 6.45) is 2.60. The molecule has 6 heteroatoms. The van der Waals surface area contributed by atoms with Crippen LogP contribution in [0.4, 0.5) is 4.39 Å². The Labute approximate surface area is 182 Å². The number of halogens is 1. The van der Waals surface area contributed by atoms with Crippen molar-refractivity contribution in [3.05, 3.63) is 71.2 Å². The molecule has 2 aliphatic heterocycles. The van der Waals surface area contributed by atoms with Gasteiger partial charge in [-0.3, -0.25) is 14.5 Å². The number of carbonyl (C=O) groups excluding carboxylic acids is 2. The van der Waals surface area contributed by atoms with Gasteiger partial charge in [-0.1, -0.05) is 31.2 Å². The van der Waals surface area contributed by atoms with Crippen molar-refractivity contribution in [3.63, 3.8) is 0 Å². The van der Waals surface area contributed by atoms with Crippen LogP contribution in [-0.2, 0) is 16.0 Å². The smallest absolute Gasteiger partial charge is 0.277 e. The molecule has 1 saturated heterocycles. The van der Waals surface area contributed by atoms with Gasteiger partial charge in [-0.25, -0.2) is 4.39 Å². The van der Waals surface area contributed by atoms with E-state index < -0.39 is 0 Å². The van der Waals surface area contributed by atoms with Crippen LogP contribution in [0.2, 0.25) is 0 Å². The number of piperidine rings is 1. The van der Waals surface area contributed by atoms with E-state index in [1.54, 1.807) is 31.4 Å². The first-order chi connectivity index (χ1) is 15.0. The molecule has 2 aromatic carbocycles. The Hall–Kier alpha value is -3.15. The van der Waals surface area contributed by atoms with E-state index in [-0.39, 0.29) is 24.2 Å². The van der Waals surface area contributed by atoms with Crippen molar-refractivity contribution in [1.29, 1.82) is 0 Å². The molecule has 0 radical (unpaired) electrons. The van der Waals surface area contributed by atoms with Crippen LogP contribution < -0.4 is 4.74 Å². The van der Waals surface area contributed by atoms with Gasteiger partial charge in [0.15, 0.2) is 0 Å². The van der Waals surface area contributed by atoms with Gasteiger partial charge in [-0.15, -0.1) is 0 Å². The topological polar surface area (TPSA) is 49.9 Å². The molecule has 2 aliphatic rings. The zero-order valence-corrected chi connectivity index (χ0v) is 17.9. The molecule has 0 saturated carbocycles. The van der Waals surface area contributed by atoms with Crippen LogP contribution >= 0.6 is 0 Å². The molecule has 0 N–H and O–H groups in total. The third kappa shape index (κ3) is 4.33. The lowest BCUT2D eigenvalue weighted by Gasteiger charge is -2.33. The largest absolute Gasteiger partial charge is 0.497 e. The summed E-state index contributed by atoms with van der Waals surface area (Å²) in [7, 11) is 1.59. The average molecular weight is 423 g/mol. The first kappa shape index (κ1) is 21.1. The summed E-state index contributed by atoms with van der Waals surface area (Å²) < 4.78 is 18.4. The van der Waals surface area contributed by atoms with Crippen molar-refractivity contribution in [3.8, 4) is 5.75 Å². The zero-order chi connectivity index (χ0) is 22.0. The maximum absolute atomic E-state index is 13.4. The molecular weight excluding hydrogens is 395 g/mol. The van der Waals surface area contributed by atoms with Crippen molar-refractivity contribution in [2.75, 3.05) is 26.7 Å². The lowest BCUT2D eigenvalue weighted by atomic mass is 9.98.